The van der Waals surface area contributed by atoms with E-state index in [0.717, 1.165) is 0 Å². The SMILES string of the molecule is O=C(N[C@H](Cc1cccc(F)c1)C(=O)O)[C@H]1CCOC1. The van der Waals surface area contributed by atoms with E-state index in [1.165, 1.54) is 18.2 Å². The second-order valence-electron chi connectivity index (χ2n) is 4.79. The third-order valence-corrected chi connectivity index (χ3v) is 3.24. The zero-order valence-corrected chi connectivity index (χ0v) is 10.8. The number of hydrogen-bond donors (Lipinski definition) is 2. The third kappa shape index (κ3) is 3.77. The van der Waals surface area contributed by atoms with Crippen LogP contribution in [0.2, 0.25) is 0 Å². The van der Waals surface area contributed by atoms with Crippen molar-refractivity contribution < 1.29 is 23.8 Å². The Kier molecular flexibility index (Phi) is 4.68. The van der Waals surface area contributed by atoms with Gasteiger partial charge in [0.1, 0.15) is 11.9 Å². The average molecular weight is 281 g/mol. The number of nitrogens with one attached hydrogen (secondary N) is 1. The molecule has 0 aromatic heterocycles. The fraction of sp³-hybridized carbons (Fsp3) is 0.429. The van der Waals surface area contributed by atoms with Crippen molar-refractivity contribution in [1.82, 2.24) is 5.32 Å². The molecule has 1 saturated heterocycles. The zero-order chi connectivity index (χ0) is 14.5. The van der Waals surface area contributed by atoms with E-state index in [-0.39, 0.29) is 18.2 Å². The predicted molar refractivity (Wildman–Crippen MR) is 68.6 cm³/mol. The summed E-state index contributed by atoms with van der Waals surface area (Å²) in [7, 11) is 0. The normalized spacial score (nSPS) is 19.6. The Bertz CT molecular complexity index is 500. The third-order valence-electron chi connectivity index (χ3n) is 3.24. The van der Waals surface area contributed by atoms with Crippen LogP contribution >= 0.6 is 0 Å². The maximum atomic E-state index is 13.1. The summed E-state index contributed by atoms with van der Waals surface area (Å²) in [5, 5.41) is 11.6. The average Bonchev–Trinajstić information content (AvgIpc) is 2.91. The number of amides is 1. The van der Waals surface area contributed by atoms with E-state index in [2.05, 4.69) is 5.32 Å². The van der Waals surface area contributed by atoms with Crippen molar-refractivity contribution in [2.45, 2.75) is 18.9 Å². The molecule has 0 aliphatic carbocycles. The second-order valence-corrected chi connectivity index (χ2v) is 4.79. The minimum atomic E-state index is -1.14. The summed E-state index contributed by atoms with van der Waals surface area (Å²) >= 11 is 0. The first-order valence-corrected chi connectivity index (χ1v) is 6.41. The van der Waals surface area contributed by atoms with Crippen LogP contribution in [-0.2, 0) is 20.7 Å². The van der Waals surface area contributed by atoms with Crippen LogP contribution in [0.4, 0.5) is 4.39 Å². The highest BCUT2D eigenvalue weighted by Crippen LogP contribution is 2.13. The van der Waals surface area contributed by atoms with E-state index in [9.17, 15) is 14.0 Å². The van der Waals surface area contributed by atoms with E-state index in [0.29, 0.717) is 25.2 Å². The van der Waals surface area contributed by atoms with Gasteiger partial charge >= 0.3 is 5.97 Å². The first kappa shape index (κ1) is 14.5. The number of benzene rings is 1. The minimum Gasteiger partial charge on any atom is -0.480 e. The van der Waals surface area contributed by atoms with E-state index < -0.39 is 17.8 Å². The van der Waals surface area contributed by atoms with Crippen molar-refractivity contribution >= 4 is 11.9 Å². The molecule has 0 saturated carbocycles. The van der Waals surface area contributed by atoms with E-state index in [1.54, 1.807) is 6.07 Å². The van der Waals surface area contributed by atoms with Gasteiger partial charge in [-0.3, -0.25) is 4.79 Å². The number of hydrogen-bond acceptors (Lipinski definition) is 3. The van der Waals surface area contributed by atoms with Gasteiger partial charge in [-0.2, -0.15) is 0 Å². The van der Waals surface area contributed by atoms with E-state index >= 15 is 0 Å². The molecular formula is C14H16FNO4. The lowest BCUT2D eigenvalue weighted by atomic mass is 10.0. The number of ether oxygens (including phenoxy) is 1. The zero-order valence-electron chi connectivity index (χ0n) is 10.8. The molecule has 2 atom stereocenters. The van der Waals surface area contributed by atoms with Gasteiger partial charge in [0, 0.05) is 13.0 Å². The van der Waals surface area contributed by atoms with Crippen LogP contribution in [0.1, 0.15) is 12.0 Å². The summed E-state index contributed by atoms with van der Waals surface area (Å²) in [6, 6.07) is 4.62. The molecule has 1 fully saturated rings. The molecule has 1 heterocycles. The van der Waals surface area contributed by atoms with E-state index in [4.69, 9.17) is 9.84 Å². The molecule has 20 heavy (non-hydrogen) atoms. The molecule has 1 amide bonds. The van der Waals surface area contributed by atoms with Crippen molar-refractivity contribution in [2.24, 2.45) is 5.92 Å². The lowest BCUT2D eigenvalue weighted by Crippen LogP contribution is -2.45. The lowest BCUT2D eigenvalue weighted by molar-refractivity contribution is -0.142. The smallest absolute Gasteiger partial charge is 0.326 e. The minimum absolute atomic E-state index is 0.0480. The molecule has 1 aromatic carbocycles. The Morgan fingerprint density at radius 2 is 2.30 bits per heavy atom. The van der Waals surface area contributed by atoms with Crippen molar-refractivity contribution in [3.8, 4) is 0 Å². The van der Waals surface area contributed by atoms with Crippen LogP contribution in [0, 0.1) is 11.7 Å². The molecule has 1 aliphatic heterocycles. The van der Waals surface area contributed by atoms with Gasteiger partial charge in [0.05, 0.1) is 12.5 Å². The lowest BCUT2D eigenvalue weighted by Gasteiger charge is -2.17. The quantitative estimate of drug-likeness (QED) is 0.843. The second kappa shape index (κ2) is 6.47. The Hall–Kier alpha value is -1.95. The van der Waals surface area contributed by atoms with Gasteiger partial charge in [0.25, 0.3) is 0 Å². The predicted octanol–water partition coefficient (Wildman–Crippen LogP) is 0.974. The molecule has 0 spiro atoms. The van der Waals surface area contributed by atoms with Crippen molar-refractivity contribution in [2.75, 3.05) is 13.2 Å². The van der Waals surface area contributed by atoms with Gasteiger partial charge < -0.3 is 15.2 Å². The molecule has 0 unspecified atom stereocenters. The maximum absolute atomic E-state index is 13.1. The van der Waals surface area contributed by atoms with Gasteiger partial charge in [-0.25, -0.2) is 9.18 Å². The molecule has 1 aromatic rings. The number of carbonyl (C=O) groups excluding carboxylic acids is 1. The first-order valence-electron chi connectivity index (χ1n) is 6.41. The van der Waals surface area contributed by atoms with Crippen molar-refractivity contribution in [3.05, 3.63) is 35.6 Å². The maximum Gasteiger partial charge on any atom is 0.326 e. The van der Waals surface area contributed by atoms with Crippen molar-refractivity contribution in [3.63, 3.8) is 0 Å². The summed E-state index contributed by atoms with van der Waals surface area (Å²) in [6.07, 6.45) is 0.643. The summed E-state index contributed by atoms with van der Waals surface area (Å²) in [4.78, 5) is 23.1. The number of halogens is 1. The van der Waals surface area contributed by atoms with Gasteiger partial charge in [-0.15, -0.1) is 0 Å². The molecule has 0 radical (unpaired) electrons. The Morgan fingerprint density at radius 1 is 1.50 bits per heavy atom. The number of carboxylic acids is 1. The van der Waals surface area contributed by atoms with Gasteiger partial charge in [0.15, 0.2) is 0 Å². The monoisotopic (exact) mass is 281 g/mol. The Labute approximate surface area is 115 Å². The Morgan fingerprint density at radius 3 is 2.90 bits per heavy atom. The highest BCUT2D eigenvalue weighted by Gasteiger charge is 2.28. The molecule has 0 bridgehead atoms. The molecule has 2 N–H and O–H groups in total. The van der Waals surface area contributed by atoms with Crippen LogP contribution in [0.15, 0.2) is 24.3 Å². The number of rotatable bonds is 5. The topological polar surface area (TPSA) is 75.6 Å². The van der Waals surface area contributed by atoms with Gasteiger partial charge in [-0.05, 0) is 24.1 Å². The van der Waals surface area contributed by atoms with Crippen LogP contribution in [0.3, 0.4) is 0 Å². The molecule has 108 valence electrons. The fourth-order valence-electron chi connectivity index (χ4n) is 2.13. The van der Waals surface area contributed by atoms with Crippen molar-refractivity contribution in [1.29, 1.82) is 0 Å². The largest absolute Gasteiger partial charge is 0.480 e. The summed E-state index contributed by atoms with van der Waals surface area (Å²) in [6.45, 7) is 0.831. The van der Waals surface area contributed by atoms with Crippen LogP contribution in [0.25, 0.3) is 0 Å². The molecule has 6 heteroatoms. The van der Waals surface area contributed by atoms with Crippen LogP contribution in [-0.4, -0.2) is 36.2 Å². The number of carbonyl (C=O) groups is 2. The molecule has 2 rings (SSSR count). The highest BCUT2D eigenvalue weighted by molar-refractivity contribution is 5.85. The Balaban J connectivity index is 2.00. The van der Waals surface area contributed by atoms with Crippen LogP contribution < -0.4 is 5.32 Å². The molecule has 5 nitrogen and oxygen atoms in total. The molecule has 1 aliphatic rings. The number of aliphatic carboxylic acids is 1. The summed E-state index contributed by atoms with van der Waals surface area (Å²) in [5.74, 6) is -2.20. The highest BCUT2D eigenvalue weighted by atomic mass is 19.1. The van der Waals surface area contributed by atoms with E-state index in [1.807, 2.05) is 0 Å². The summed E-state index contributed by atoms with van der Waals surface area (Å²) in [5.41, 5.74) is 0.528. The van der Waals surface area contributed by atoms with Gasteiger partial charge in [-0.1, -0.05) is 12.1 Å². The van der Waals surface area contributed by atoms with Gasteiger partial charge in [0.2, 0.25) is 5.91 Å². The fourth-order valence-corrected chi connectivity index (χ4v) is 2.13. The molecular weight excluding hydrogens is 265 g/mol. The summed E-state index contributed by atoms with van der Waals surface area (Å²) < 4.78 is 18.2. The number of carboxylic acid groups (broad SMARTS) is 1. The first-order chi connectivity index (χ1) is 9.56. The van der Waals surface area contributed by atoms with Crippen LogP contribution in [0.5, 0.6) is 0 Å². The standard InChI is InChI=1S/C14H16FNO4/c15-11-3-1-2-9(6-11)7-12(14(18)19)16-13(17)10-4-5-20-8-10/h1-3,6,10,12H,4-5,7-8H2,(H,16,17)(H,18,19)/t10-,12+/m0/s1.